The van der Waals surface area contributed by atoms with Crippen molar-refractivity contribution in [3.05, 3.63) is 54.0 Å². The molecule has 0 spiro atoms. The fraction of sp³-hybridized carbons (Fsp3) is 0.440. The molecular formula is C25H32N6O. The molecule has 1 saturated carbocycles. The van der Waals surface area contributed by atoms with Crippen LogP contribution in [0.1, 0.15) is 55.7 Å². The van der Waals surface area contributed by atoms with E-state index in [9.17, 15) is 4.79 Å². The van der Waals surface area contributed by atoms with Crippen molar-refractivity contribution in [1.82, 2.24) is 20.3 Å². The molecule has 2 heterocycles. The molecule has 7 heteroatoms. The molecule has 3 aromatic rings. The van der Waals surface area contributed by atoms with E-state index in [4.69, 9.17) is 0 Å². The predicted molar refractivity (Wildman–Crippen MR) is 129 cm³/mol. The van der Waals surface area contributed by atoms with E-state index >= 15 is 0 Å². The molecule has 0 saturated heterocycles. The Hall–Kier alpha value is -3.22. The van der Waals surface area contributed by atoms with E-state index in [0.29, 0.717) is 18.3 Å². The van der Waals surface area contributed by atoms with Gasteiger partial charge in [-0.15, -0.1) is 0 Å². The molecule has 1 fully saturated rings. The highest BCUT2D eigenvalue weighted by atomic mass is 16.2. The highest BCUT2D eigenvalue weighted by molar-refractivity contribution is 5.96. The van der Waals surface area contributed by atoms with Crippen LogP contribution in [0.3, 0.4) is 0 Å². The summed E-state index contributed by atoms with van der Waals surface area (Å²) >= 11 is 0. The Bertz CT molecular complexity index is 1070. The van der Waals surface area contributed by atoms with Crippen LogP contribution in [0.25, 0.3) is 10.9 Å². The van der Waals surface area contributed by atoms with Crippen molar-refractivity contribution in [3.8, 4) is 0 Å². The molecule has 4 rings (SSSR count). The fourth-order valence-electron chi connectivity index (χ4n) is 4.12. The van der Waals surface area contributed by atoms with E-state index in [-0.39, 0.29) is 23.8 Å². The summed E-state index contributed by atoms with van der Waals surface area (Å²) in [6, 6.07) is 12.4. The highest BCUT2D eigenvalue weighted by Gasteiger charge is 2.27. The van der Waals surface area contributed by atoms with Gasteiger partial charge in [0.15, 0.2) is 0 Å². The molecule has 168 valence electrons. The molecule has 0 aliphatic heterocycles. The van der Waals surface area contributed by atoms with Crippen LogP contribution < -0.4 is 16.0 Å². The lowest BCUT2D eigenvalue weighted by Gasteiger charge is -2.33. The number of benzene rings is 1. The van der Waals surface area contributed by atoms with Gasteiger partial charge in [-0.05, 0) is 49.9 Å². The van der Waals surface area contributed by atoms with Gasteiger partial charge in [-0.1, -0.05) is 44.4 Å². The minimum Gasteiger partial charge on any atom is -0.365 e. The quantitative estimate of drug-likeness (QED) is 0.507. The van der Waals surface area contributed by atoms with Crippen molar-refractivity contribution in [2.24, 2.45) is 5.92 Å². The van der Waals surface area contributed by atoms with Crippen LogP contribution in [-0.2, 0) is 0 Å². The van der Waals surface area contributed by atoms with E-state index in [1.165, 1.54) is 6.42 Å². The van der Waals surface area contributed by atoms with Crippen molar-refractivity contribution in [2.45, 2.75) is 58.5 Å². The zero-order chi connectivity index (χ0) is 22.5. The first-order valence-corrected chi connectivity index (χ1v) is 11.5. The van der Waals surface area contributed by atoms with Crippen LogP contribution in [0, 0.1) is 12.8 Å². The number of carbonyl (C=O) groups excluding carboxylic acids is 1. The topological polar surface area (TPSA) is 91.8 Å². The Labute approximate surface area is 189 Å². The standard InChI is InChI=1S/C25H32N6O/c1-16(2)15-27-25(32)24-29-19-12-11-17(3)14-18(19)23(31-24)30-21-9-5-4-8-20(21)28-22-10-6-7-13-26-22/h6-7,10-14,16,20-21H,4-5,8-9,15H2,1-3H3,(H,26,28)(H,27,32)(H,29,30,31)/t20-,21+/m1/s1. The molecule has 7 nitrogen and oxygen atoms in total. The second-order valence-electron chi connectivity index (χ2n) is 9.02. The van der Waals surface area contributed by atoms with E-state index in [1.54, 1.807) is 6.20 Å². The second kappa shape index (κ2) is 9.94. The van der Waals surface area contributed by atoms with Crippen LogP contribution in [0.15, 0.2) is 42.6 Å². The van der Waals surface area contributed by atoms with Gasteiger partial charge < -0.3 is 16.0 Å². The van der Waals surface area contributed by atoms with Gasteiger partial charge in [0.2, 0.25) is 5.82 Å². The summed E-state index contributed by atoms with van der Waals surface area (Å²) < 4.78 is 0. The first-order valence-electron chi connectivity index (χ1n) is 11.5. The Kier molecular flexibility index (Phi) is 6.83. The molecule has 0 unspecified atom stereocenters. The van der Waals surface area contributed by atoms with Crippen LogP contribution in [0.2, 0.25) is 0 Å². The third-order valence-electron chi connectivity index (χ3n) is 5.81. The van der Waals surface area contributed by atoms with Gasteiger partial charge in [0.05, 0.1) is 5.52 Å². The van der Waals surface area contributed by atoms with Gasteiger partial charge in [0.25, 0.3) is 5.91 Å². The van der Waals surface area contributed by atoms with Crippen molar-refractivity contribution >= 4 is 28.4 Å². The molecule has 3 N–H and O–H groups in total. The molecule has 2 atom stereocenters. The predicted octanol–water partition coefficient (Wildman–Crippen LogP) is 4.55. The molecule has 0 bridgehead atoms. The lowest BCUT2D eigenvalue weighted by molar-refractivity contribution is 0.0939. The zero-order valence-electron chi connectivity index (χ0n) is 19.1. The van der Waals surface area contributed by atoms with Gasteiger partial charge in [-0.25, -0.2) is 15.0 Å². The SMILES string of the molecule is Cc1ccc2nc(C(=O)NCC(C)C)nc(N[C@H]3CCCC[C@H]3Nc3ccccn3)c2c1. The summed E-state index contributed by atoms with van der Waals surface area (Å²) in [5.74, 6) is 1.92. The molecule has 1 aliphatic carbocycles. The number of fused-ring (bicyclic) bond motifs is 1. The number of aromatic nitrogens is 3. The number of hydrogen-bond acceptors (Lipinski definition) is 6. The van der Waals surface area contributed by atoms with Crippen LogP contribution in [-0.4, -0.2) is 39.5 Å². The fourth-order valence-corrected chi connectivity index (χ4v) is 4.12. The van der Waals surface area contributed by atoms with Crippen LogP contribution >= 0.6 is 0 Å². The van der Waals surface area contributed by atoms with Crippen molar-refractivity contribution in [3.63, 3.8) is 0 Å². The lowest BCUT2D eigenvalue weighted by atomic mass is 9.90. The van der Waals surface area contributed by atoms with E-state index < -0.39 is 0 Å². The number of pyridine rings is 1. The normalized spacial score (nSPS) is 18.5. The molecule has 0 radical (unpaired) electrons. The summed E-state index contributed by atoms with van der Waals surface area (Å²) in [6.45, 7) is 6.78. The van der Waals surface area contributed by atoms with Crippen molar-refractivity contribution < 1.29 is 4.79 Å². The number of aryl methyl sites for hydroxylation is 1. The maximum atomic E-state index is 12.7. The first-order chi connectivity index (χ1) is 15.5. The van der Waals surface area contributed by atoms with Gasteiger partial charge >= 0.3 is 0 Å². The number of anilines is 2. The van der Waals surface area contributed by atoms with E-state index in [2.05, 4.69) is 57.7 Å². The molecule has 32 heavy (non-hydrogen) atoms. The maximum Gasteiger partial charge on any atom is 0.289 e. The summed E-state index contributed by atoms with van der Waals surface area (Å²) in [5, 5.41) is 11.1. The molecule has 1 aromatic carbocycles. The molecule has 1 aliphatic rings. The largest absolute Gasteiger partial charge is 0.365 e. The number of amides is 1. The Morgan fingerprint density at radius 2 is 1.84 bits per heavy atom. The monoisotopic (exact) mass is 432 g/mol. The lowest BCUT2D eigenvalue weighted by Crippen LogP contribution is -2.42. The molecular weight excluding hydrogens is 400 g/mol. The third-order valence-corrected chi connectivity index (χ3v) is 5.81. The van der Waals surface area contributed by atoms with Gasteiger partial charge in [-0.2, -0.15) is 0 Å². The maximum absolute atomic E-state index is 12.7. The number of nitrogens with one attached hydrogen (secondary N) is 3. The van der Waals surface area contributed by atoms with Gasteiger partial charge in [0, 0.05) is 30.2 Å². The van der Waals surface area contributed by atoms with Crippen molar-refractivity contribution in [1.29, 1.82) is 0 Å². The number of carbonyl (C=O) groups is 1. The Morgan fingerprint density at radius 3 is 2.56 bits per heavy atom. The minimum absolute atomic E-state index is 0.177. The minimum atomic E-state index is -0.240. The van der Waals surface area contributed by atoms with E-state index in [0.717, 1.165) is 41.5 Å². The molecule has 1 amide bonds. The Morgan fingerprint density at radius 1 is 1.06 bits per heavy atom. The second-order valence-corrected chi connectivity index (χ2v) is 9.02. The smallest absolute Gasteiger partial charge is 0.289 e. The van der Waals surface area contributed by atoms with Crippen LogP contribution in [0.5, 0.6) is 0 Å². The molecule has 2 aromatic heterocycles. The van der Waals surface area contributed by atoms with Gasteiger partial charge in [-0.3, -0.25) is 4.79 Å². The van der Waals surface area contributed by atoms with E-state index in [1.807, 2.05) is 30.3 Å². The zero-order valence-corrected chi connectivity index (χ0v) is 19.1. The number of rotatable bonds is 7. The van der Waals surface area contributed by atoms with Gasteiger partial charge in [0.1, 0.15) is 11.6 Å². The summed E-state index contributed by atoms with van der Waals surface area (Å²) in [6.07, 6.45) is 6.21. The number of hydrogen-bond donors (Lipinski definition) is 3. The third kappa shape index (κ3) is 5.33. The average molecular weight is 433 g/mol. The first kappa shape index (κ1) is 22.0. The summed E-state index contributed by atoms with van der Waals surface area (Å²) in [7, 11) is 0. The number of nitrogens with zero attached hydrogens (tertiary/aromatic N) is 3. The highest BCUT2D eigenvalue weighted by Crippen LogP contribution is 2.28. The van der Waals surface area contributed by atoms with Crippen molar-refractivity contribution in [2.75, 3.05) is 17.2 Å². The summed E-state index contributed by atoms with van der Waals surface area (Å²) in [4.78, 5) is 26.4. The average Bonchev–Trinajstić information content (AvgIpc) is 2.79. The summed E-state index contributed by atoms with van der Waals surface area (Å²) in [5.41, 5.74) is 1.90. The van der Waals surface area contributed by atoms with Crippen LogP contribution in [0.4, 0.5) is 11.6 Å². The Balaban J connectivity index is 1.63.